The first-order valence-corrected chi connectivity index (χ1v) is 8.65. The number of hydrogen-bond acceptors (Lipinski definition) is 0. The van der Waals surface area contributed by atoms with Gasteiger partial charge in [0.1, 0.15) is 0 Å². The third-order valence-electron chi connectivity index (χ3n) is 6.23. The minimum Gasteiger partial charge on any atom is -0.117 e. The van der Waals surface area contributed by atoms with Crippen LogP contribution in [0.1, 0.15) is 56.5 Å². The molecule has 20 heavy (non-hydrogen) atoms. The van der Waals surface area contributed by atoms with E-state index in [1.54, 1.807) is 0 Å². The molecule has 0 saturated heterocycles. The van der Waals surface area contributed by atoms with Crippen LogP contribution in [0.5, 0.6) is 0 Å². The molecular formula is C19H25Cl. The average molecular weight is 289 g/mol. The van der Waals surface area contributed by atoms with Crippen LogP contribution in [0.4, 0.5) is 0 Å². The van der Waals surface area contributed by atoms with Crippen molar-refractivity contribution in [3.8, 4) is 0 Å². The molecule has 108 valence electrons. The second-order valence-electron chi connectivity index (χ2n) is 8.34. The van der Waals surface area contributed by atoms with Crippen LogP contribution >= 0.6 is 11.6 Å². The normalized spacial score (nSPS) is 39.7. The van der Waals surface area contributed by atoms with Gasteiger partial charge >= 0.3 is 0 Å². The molecule has 0 spiro atoms. The summed E-state index contributed by atoms with van der Waals surface area (Å²) >= 11 is 6.83. The van der Waals surface area contributed by atoms with Crippen molar-refractivity contribution >= 4 is 11.6 Å². The van der Waals surface area contributed by atoms with Gasteiger partial charge in [0.25, 0.3) is 0 Å². The van der Waals surface area contributed by atoms with Crippen molar-refractivity contribution < 1.29 is 0 Å². The molecule has 1 heteroatoms. The van der Waals surface area contributed by atoms with E-state index < -0.39 is 0 Å². The quantitative estimate of drug-likeness (QED) is 0.625. The predicted octanol–water partition coefficient (Wildman–Crippen LogP) is 5.56. The van der Waals surface area contributed by atoms with Crippen molar-refractivity contribution in [3.05, 3.63) is 35.4 Å². The van der Waals surface area contributed by atoms with Gasteiger partial charge in [-0.3, -0.25) is 0 Å². The SMILES string of the molecule is CC(C)(C)c1ccc(C(Cl)C2C3C4CCC(C4)C32)cc1. The molecule has 2 bridgehead atoms. The van der Waals surface area contributed by atoms with E-state index in [-0.39, 0.29) is 10.8 Å². The summed E-state index contributed by atoms with van der Waals surface area (Å²) < 4.78 is 0. The molecule has 3 aliphatic rings. The summed E-state index contributed by atoms with van der Waals surface area (Å²) in [7, 11) is 0. The Bertz CT molecular complexity index is 494. The number of benzene rings is 1. The lowest BCUT2D eigenvalue weighted by atomic mass is 9.86. The maximum Gasteiger partial charge on any atom is 0.0619 e. The van der Waals surface area contributed by atoms with Crippen LogP contribution in [0.2, 0.25) is 0 Å². The molecule has 5 atom stereocenters. The number of hydrogen-bond donors (Lipinski definition) is 0. The van der Waals surface area contributed by atoms with Gasteiger partial charge in [0, 0.05) is 0 Å². The average Bonchev–Trinajstić information content (AvgIpc) is 2.84. The zero-order valence-corrected chi connectivity index (χ0v) is 13.5. The molecule has 0 heterocycles. The molecule has 1 aromatic carbocycles. The maximum atomic E-state index is 6.83. The third-order valence-corrected chi connectivity index (χ3v) is 6.77. The van der Waals surface area contributed by atoms with Gasteiger partial charge < -0.3 is 0 Å². The van der Waals surface area contributed by atoms with Crippen molar-refractivity contribution in [1.29, 1.82) is 0 Å². The van der Waals surface area contributed by atoms with E-state index in [0.29, 0.717) is 0 Å². The first-order valence-electron chi connectivity index (χ1n) is 8.21. The van der Waals surface area contributed by atoms with E-state index in [1.807, 2.05) is 0 Å². The summed E-state index contributed by atoms with van der Waals surface area (Å²) in [5.41, 5.74) is 2.98. The molecular weight excluding hydrogens is 264 g/mol. The summed E-state index contributed by atoms with van der Waals surface area (Å²) in [5, 5.41) is 0.252. The minimum absolute atomic E-state index is 0.232. The van der Waals surface area contributed by atoms with E-state index >= 15 is 0 Å². The Morgan fingerprint density at radius 3 is 2.05 bits per heavy atom. The summed E-state index contributed by atoms with van der Waals surface area (Å²) in [6.45, 7) is 6.80. The summed E-state index contributed by atoms with van der Waals surface area (Å²) in [5.74, 6) is 4.76. The van der Waals surface area contributed by atoms with Crippen molar-refractivity contribution in [2.24, 2.45) is 29.6 Å². The fourth-order valence-corrected chi connectivity index (χ4v) is 5.65. The second-order valence-corrected chi connectivity index (χ2v) is 8.81. The third kappa shape index (κ3) is 1.87. The van der Waals surface area contributed by atoms with Gasteiger partial charge in [-0.1, -0.05) is 45.0 Å². The van der Waals surface area contributed by atoms with E-state index in [0.717, 1.165) is 29.6 Å². The minimum atomic E-state index is 0.232. The summed E-state index contributed by atoms with van der Waals surface area (Å²) in [6, 6.07) is 9.09. The van der Waals surface area contributed by atoms with Crippen LogP contribution < -0.4 is 0 Å². The molecule has 0 N–H and O–H groups in total. The van der Waals surface area contributed by atoms with Crippen molar-refractivity contribution in [3.63, 3.8) is 0 Å². The molecule has 3 aliphatic carbocycles. The van der Waals surface area contributed by atoms with E-state index in [2.05, 4.69) is 45.0 Å². The fraction of sp³-hybridized carbons (Fsp3) is 0.684. The first kappa shape index (κ1) is 13.2. The molecule has 4 rings (SSSR count). The molecule has 0 nitrogen and oxygen atoms in total. The van der Waals surface area contributed by atoms with Crippen LogP contribution in [0, 0.1) is 29.6 Å². The molecule has 0 aliphatic heterocycles. The summed E-state index contributed by atoms with van der Waals surface area (Å²) in [4.78, 5) is 0. The zero-order valence-electron chi connectivity index (χ0n) is 12.8. The molecule has 0 amide bonds. The van der Waals surface area contributed by atoms with E-state index in [4.69, 9.17) is 11.6 Å². The fourth-order valence-electron chi connectivity index (χ4n) is 5.17. The van der Waals surface area contributed by atoms with E-state index in [1.165, 1.54) is 30.4 Å². The van der Waals surface area contributed by atoms with Gasteiger partial charge in [0.2, 0.25) is 0 Å². The van der Waals surface area contributed by atoms with Gasteiger partial charge in [-0.05, 0) is 65.4 Å². The Hall–Kier alpha value is -0.490. The van der Waals surface area contributed by atoms with Crippen LogP contribution in [-0.4, -0.2) is 0 Å². The Morgan fingerprint density at radius 1 is 1.00 bits per heavy atom. The number of fused-ring (bicyclic) bond motifs is 5. The molecule has 3 fully saturated rings. The van der Waals surface area contributed by atoms with Gasteiger partial charge in [-0.25, -0.2) is 0 Å². The Kier molecular flexibility index (Phi) is 2.81. The van der Waals surface area contributed by atoms with Gasteiger partial charge in [0.05, 0.1) is 5.38 Å². The van der Waals surface area contributed by atoms with E-state index in [9.17, 15) is 0 Å². The highest BCUT2D eigenvalue weighted by Crippen LogP contribution is 2.73. The second kappa shape index (κ2) is 4.26. The van der Waals surface area contributed by atoms with Crippen LogP contribution in [0.25, 0.3) is 0 Å². The highest BCUT2D eigenvalue weighted by atomic mass is 35.5. The van der Waals surface area contributed by atoms with Crippen molar-refractivity contribution in [1.82, 2.24) is 0 Å². The molecule has 1 aromatic rings. The lowest BCUT2D eigenvalue weighted by Gasteiger charge is -2.20. The van der Waals surface area contributed by atoms with Crippen LogP contribution in [-0.2, 0) is 5.41 Å². The Morgan fingerprint density at radius 2 is 1.55 bits per heavy atom. The van der Waals surface area contributed by atoms with Gasteiger partial charge in [0.15, 0.2) is 0 Å². The molecule has 5 unspecified atom stereocenters. The largest absolute Gasteiger partial charge is 0.117 e. The Balaban J connectivity index is 1.51. The number of halogens is 1. The van der Waals surface area contributed by atoms with Gasteiger partial charge in [-0.2, -0.15) is 0 Å². The zero-order chi connectivity index (χ0) is 14.1. The van der Waals surface area contributed by atoms with Crippen LogP contribution in [0.15, 0.2) is 24.3 Å². The molecule has 0 radical (unpaired) electrons. The monoisotopic (exact) mass is 288 g/mol. The standard InChI is InChI=1S/C19H25Cl/c1-19(2,3)14-8-6-11(7-9-14)18(20)17-15-12-4-5-13(10-12)16(15)17/h6-9,12-13,15-18H,4-5,10H2,1-3H3. The predicted molar refractivity (Wildman–Crippen MR) is 85.0 cm³/mol. The molecule has 0 aromatic heterocycles. The smallest absolute Gasteiger partial charge is 0.0619 e. The van der Waals surface area contributed by atoms with Crippen LogP contribution in [0.3, 0.4) is 0 Å². The lowest BCUT2D eigenvalue weighted by Crippen LogP contribution is -2.11. The highest BCUT2D eigenvalue weighted by Gasteiger charge is 2.66. The topological polar surface area (TPSA) is 0 Å². The van der Waals surface area contributed by atoms with Crippen molar-refractivity contribution in [2.75, 3.05) is 0 Å². The summed E-state index contributed by atoms with van der Waals surface area (Å²) in [6.07, 6.45) is 4.47. The maximum absolute atomic E-state index is 6.83. The number of rotatable bonds is 2. The van der Waals surface area contributed by atoms with Gasteiger partial charge in [-0.15, -0.1) is 11.6 Å². The Labute approximate surface area is 127 Å². The molecule has 3 saturated carbocycles. The highest BCUT2D eigenvalue weighted by molar-refractivity contribution is 6.21. The lowest BCUT2D eigenvalue weighted by molar-refractivity contribution is 0.455. The van der Waals surface area contributed by atoms with Crippen molar-refractivity contribution in [2.45, 2.75) is 50.8 Å². The first-order chi connectivity index (χ1) is 9.47. The number of alkyl halides is 1.